The number of hydrogen-bond donors (Lipinski definition) is 1. The molecule has 3 rings (SSSR count). The van der Waals surface area contributed by atoms with E-state index in [4.69, 9.17) is 4.74 Å². The maximum Gasteiger partial charge on any atom is 0.123 e. The molecule has 1 aliphatic carbocycles. The van der Waals surface area contributed by atoms with Crippen molar-refractivity contribution in [3.8, 4) is 5.75 Å². The van der Waals surface area contributed by atoms with Crippen molar-refractivity contribution >= 4 is 0 Å². The molecule has 0 radical (unpaired) electrons. The fourth-order valence-electron chi connectivity index (χ4n) is 3.65. The molecule has 2 heteroatoms. The number of hydrogen-bond acceptors (Lipinski definition) is 2. The third kappa shape index (κ3) is 2.79. The summed E-state index contributed by atoms with van der Waals surface area (Å²) in [7, 11) is 0. The van der Waals surface area contributed by atoms with E-state index in [1.54, 1.807) is 0 Å². The Bertz CT molecular complexity index is 455. The van der Waals surface area contributed by atoms with Crippen molar-refractivity contribution < 1.29 is 9.84 Å². The molecule has 0 saturated heterocycles. The number of aliphatic hydroxyl groups is 1. The summed E-state index contributed by atoms with van der Waals surface area (Å²) in [5.41, 5.74) is 2.64. The molecule has 104 valence electrons. The van der Waals surface area contributed by atoms with E-state index in [2.05, 4.69) is 32.0 Å². The van der Waals surface area contributed by atoms with Gasteiger partial charge in [0.25, 0.3) is 0 Å². The zero-order chi connectivity index (χ0) is 13.4. The summed E-state index contributed by atoms with van der Waals surface area (Å²) in [6.07, 6.45) is 5.43. The van der Waals surface area contributed by atoms with Gasteiger partial charge in [-0.2, -0.15) is 0 Å². The fraction of sp³-hybridized carbons (Fsp3) is 0.647. The Balaban J connectivity index is 1.63. The molecule has 1 aromatic carbocycles. The van der Waals surface area contributed by atoms with Gasteiger partial charge >= 0.3 is 0 Å². The Morgan fingerprint density at radius 2 is 2.16 bits per heavy atom. The highest BCUT2D eigenvalue weighted by Crippen LogP contribution is 2.37. The molecule has 4 atom stereocenters. The van der Waals surface area contributed by atoms with Crippen LogP contribution in [0.15, 0.2) is 18.2 Å². The van der Waals surface area contributed by atoms with E-state index < -0.39 is 0 Å². The van der Waals surface area contributed by atoms with Crippen molar-refractivity contribution in [2.75, 3.05) is 0 Å². The van der Waals surface area contributed by atoms with Gasteiger partial charge in [0.1, 0.15) is 11.9 Å². The molecule has 0 amide bonds. The molecule has 1 fully saturated rings. The summed E-state index contributed by atoms with van der Waals surface area (Å²) < 4.78 is 6.04. The largest absolute Gasteiger partial charge is 0.490 e. The third-order valence-corrected chi connectivity index (χ3v) is 4.73. The SMILES string of the molecule is Cc1ccc2c(c1)CC(CC1CC(C)CCC1O)O2. The van der Waals surface area contributed by atoms with Crippen molar-refractivity contribution in [1.82, 2.24) is 0 Å². The van der Waals surface area contributed by atoms with E-state index in [9.17, 15) is 5.11 Å². The standard InChI is InChI=1S/C17H24O2/c1-11-3-5-16(18)13(7-11)9-15-10-14-8-12(2)4-6-17(14)19-15/h4,6,8,11,13,15-16,18H,3,5,7,9-10H2,1-2H3. The Morgan fingerprint density at radius 3 is 3.00 bits per heavy atom. The molecule has 2 aliphatic rings. The van der Waals surface area contributed by atoms with Crippen LogP contribution in [-0.2, 0) is 6.42 Å². The molecule has 1 heterocycles. The van der Waals surface area contributed by atoms with Crippen LogP contribution in [0.2, 0.25) is 0 Å². The topological polar surface area (TPSA) is 29.5 Å². The zero-order valence-corrected chi connectivity index (χ0v) is 11.9. The number of rotatable bonds is 2. The highest BCUT2D eigenvalue weighted by atomic mass is 16.5. The van der Waals surface area contributed by atoms with Crippen molar-refractivity contribution in [2.24, 2.45) is 11.8 Å². The Hall–Kier alpha value is -1.02. The Morgan fingerprint density at radius 1 is 1.32 bits per heavy atom. The van der Waals surface area contributed by atoms with Crippen LogP contribution in [0.4, 0.5) is 0 Å². The van der Waals surface area contributed by atoms with E-state index in [1.807, 2.05) is 0 Å². The predicted octanol–water partition coefficient (Wildman–Crippen LogP) is 3.49. The molecule has 0 aromatic heterocycles. The lowest BCUT2D eigenvalue weighted by molar-refractivity contribution is 0.0286. The van der Waals surface area contributed by atoms with Crippen LogP contribution in [0.3, 0.4) is 0 Å². The molecule has 1 saturated carbocycles. The molecular weight excluding hydrogens is 236 g/mol. The Labute approximate surface area is 115 Å². The first-order chi connectivity index (χ1) is 9.11. The molecule has 0 spiro atoms. The first-order valence-corrected chi connectivity index (χ1v) is 7.56. The summed E-state index contributed by atoms with van der Waals surface area (Å²) in [6, 6.07) is 6.43. The van der Waals surface area contributed by atoms with E-state index >= 15 is 0 Å². The van der Waals surface area contributed by atoms with Gasteiger partial charge in [0.05, 0.1) is 6.10 Å². The molecule has 4 unspecified atom stereocenters. The second-order valence-electron chi connectivity index (χ2n) is 6.54. The predicted molar refractivity (Wildman–Crippen MR) is 76.4 cm³/mol. The normalized spacial score (nSPS) is 33.8. The second-order valence-corrected chi connectivity index (χ2v) is 6.54. The van der Waals surface area contributed by atoms with Crippen molar-refractivity contribution in [1.29, 1.82) is 0 Å². The van der Waals surface area contributed by atoms with Gasteiger partial charge < -0.3 is 9.84 Å². The van der Waals surface area contributed by atoms with Crippen LogP contribution in [0.1, 0.15) is 43.7 Å². The second kappa shape index (κ2) is 5.16. The van der Waals surface area contributed by atoms with Crippen molar-refractivity contribution in [2.45, 2.75) is 58.2 Å². The smallest absolute Gasteiger partial charge is 0.123 e. The molecule has 0 bridgehead atoms. The molecule has 1 aliphatic heterocycles. The Kier molecular flexibility index (Phi) is 3.53. The minimum absolute atomic E-state index is 0.120. The van der Waals surface area contributed by atoms with Crippen LogP contribution in [0, 0.1) is 18.8 Å². The average Bonchev–Trinajstić information content (AvgIpc) is 2.75. The highest BCUT2D eigenvalue weighted by Gasteiger charge is 2.32. The number of fused-ring (bicyclic) bond motifs is 1. The lowest BCUT2D eigenvalue weighted by atomic mass is 9.77. The van der Waals surface area contributed by atoms with Gasteiger partial charge in [-0.25, -0.2) is 0 Å². The van der Waals surface area contributed by atoms with Crippen LogP contribution >= 0.6 is 0 Å². The molecule has 1 N–H and O–H groups in total. The average molecular weight is 260 g/mol. The highest BCUT2D eigenvalue weighted by molar-refractivity contribution is 5.40. The van der Waals surface area contributed by atoms with Gasteiger partial charge in [0.2, 0.25) is 0 Å². The summed E-state index contributed by atoms with van der Waals surface area (Å²) >= 11 is 0. The fourth-order valence-corrected chi connectivity index (χ4v) is 3.65. The van der Waals surface area contributed by atoms with E-state index in [-0.39, 0.29) is 12.2 Å². The summed E-state index contributed by atoms with van der Waals surface area (Å²) in [5, 5.41) is 10.2. The maximum absolute atomic E-state index is 10.2. The monoisotopic (exact) mass is 260 g/mol. The lowest BCUT2D eigenvalue weighted by Crippen LogP contribution is -2.32. The minimum Gasteiger partial charge on any atom is -0.490 e. The van der Waals surface area contributed by atoms with Gasteiger partial charge in [-0.3, -0.25) is 0 Å². The van der Waals surface area contributed by atoms with E-state index in [1.165, 1.54) is 17.5 Å². The van der Waals surface area contributed by atoms with Gasteiger partial charge in [-0.05, 0) is 56.1 Å². The van der Waals surface area contributed by atoms with Gasteiger partial charge in [-0.1, -0.05) is 24.6 Å². The first-order valence-electron chi connectivity index (χ1n) is 7.56. The van der Waals surface area contributed by atoms with Crippen molar-refractivity contribution in [3.05, 3.63) is 29.3 Å². The van der Waals surface area contributed by atoms with Crippen LogP contribution in [-0.4, -0.2) is 17.3 Å². The van der Waals surface area contributed by atoms with E-state index in [0.29, 0.717) is 5.92 Å². The third-order valence-electron chi connectivity index (χ3n) is 4.73. The van der Waals surface area contributed by atoms with Crippen molar-refractivity contribution in [3.63, 3.8) is 0 Å². The van der Waals surface area contributed by atoms with Gasteiger partial charge in [-0.15, -0.1) is 0 Å². The van der Waals surface area contributed by atoms with Crippen LogP contribution in [0.25, 0.3) is 0 Å². The molecule has 1 aromatic rings. The first kappa shape index (κ1) is 13.0. The zero-order valence-electron chi connectivity index (χ0n) is 11.9. The summed E-state index contributed by atoms with van der Waals surface area (Å²) in [5.74, 6) is 2.22. The number of benzene rings is 1. The van der Waals surface area contributed by atoms with Crippen LogP contribution in [0.5, 0.6) is 5.75 Å². The number of aliphatic hydroxyl groups excluding tert-OH is 1. The lowest BCUT2D eigenvalue weighted by Gasteiger charge is -2.32. The molecular formula is C17H24O2. The maximum atomic E-state index is 10.2. The van der Waals surface area contributed by atoms with Gasteiger partial charge in [0.15, 0.2) is 0 Å². The summed E-state index contributed by atoms with van der Waals surface area (Å²) in [6.45, 7) is 4.42. The number of ether oxygens (including phenoxy) is 1. The van der Waals surface area contributed by atoms with E-state index in [0.717, 1.165) is 37.4 Å². The summed E-state index contributed by atoms with van der Waals surface area (Å²) in [4.78, 5) is 0. The number of aryl methyl sites for hydroxylation is 1. The molecule has 19 heavy (non-hydrogen) atoms. The quantitative estimate of drug-likeness (QED) is 0.882. The molecule has 2 nitrogen and oxygen atoms in total. The van der Waals surface area contributed by atoms with Gasteiger partial charge in [0, 0.05) is 6.42 Å². The minimum atomic E-state index is -0.120. The van der Waals surface area contributed by atoms with Crippen LogP contribution < -0.4 is 4.74 Å².